The number of rotatable bonds is 3. The lowest BCUT2D eigenvalue weighted by atomic mass is 10.3. The molecule has 0 saturated carbocycles. The molecule has 2 N–H and O–H groups in total. The zero-order valence-electron chi connectivity index (χ0n) is 10.8. The summed E-state index contributed by atoms with van der Waals surface area (Å²) in [6.45, 7) is 0. The summed E-state index contributed by atoms with van der Waals surface area (Å²) in [6.07, 6.45) is 0. The van der Waals surface area contributed by atoms with Crippen molar-refractivity contribution in [2.45, 2.75) is 4.90 Å². The van der Waals surface area contributed by atoms with Crippen molar-refractivity contribution in [2.75, 3.05) is 4.72 Å². The lowest BCUT2D eigenvalue weighted by Crippen LogP contribution is -2.13. The Morgan fingerprint density at radius 1 is 1.18 bits per heavy atom. The Balaban J connectivity index is 2.01. The molecule has 0 fully saturated rings. The molecular formula is C13H8BrFN2O3S2. The fourth-order valence-electron chi connectivity index (χ4n) is 1.87. The molecule has 5 nitrogen and oxygen atoms in total. The number of aromatic amines is 1. The van der Waals surface area contributed by atoms with Gasteiger partial charge in [0.25, 0.3) is 10.0 Å². The Morgan fingerprint density at radius 2 is 1.95 bits per heavy atom. The largest absolute Gasteiger partial charge is 0.312 e. The molecule has 9 heteroatoms. The molecule has 0 aliphatic carbocycles. The number of halogens is 2. The first-order chi connectivity index (χ1) is 10.3. The molecule has 2 aromatic carbocycles. The van der Waals surface area contributed by atoms with E-state index in [2.05, 4.69) is 25.6 Å². The molecule has 3 aromatic rings. The number of thiazole rings is 1. The average Bonchev–Trinajstić information content (AvgIpc) is 2.81. The summed E-state index contributed by atoms with van der Waals surface area (Å²) in [5.41, 5.74) is 0.411. The second kappa shape index (κ2) is 5.49. The van der Waals surface area contributed by atoms with Crippen LogP contribution in [0.3, 0.4) is 0 Å². The van der Waals surface area contributed by atoms with Gasteiger partial charge in [0.05, 0.1) is 20.8 Å². The van der Waals surface area contributed by atoms with E-state index in [0.29, 0.717) is 14.7 Å². The summed E-state index contributed by atoms with van der Waals surface area (Å²) in [5.74, 6) is -0.690. The van der Waals surface area contributed by atoms with Crippen LogP contribution in [-0.4, -0.2) is 13.4 Å². The first-order valence-corrected chi connectivity index (χ1v) is 9.05. The number of anilines is 1. The highest BCUT2D eigenvalue weighted by atomic mass is 79.9. The van der Waals surface area contributed by atoms with Crippen LogP contribution in [0.1, 0.15) is 0 Å². The Morgan fingerprint density at radius 3 is 2.68 bits per heavy atom. The Kier molecular flexibility index (Phi) is 3.79. The number of fused-ring (bicyclic) bond motifs is 1. The van der Waals surface area contributed by atoms with Gasteiger partial charge in [0.1, 0.15) is 5.82 Å². The zero-order chi connectivity index (χ0) is 15.9. The SMILES string of the molecule is O=c1[nH]c2ccc(S(=O)(=O)Nc3ccc(Br)cc3F)cc2s1. The van der Waals surface area contributed by atoms with Gasteiger partial charge in [0.15, 0.2) is 0 Å². The van der Waals surface area contributed by atoms with Gasteiger partial charge in [-0.3, -0.25) is 9.52 Å². The average molecular weight is 403 g/mol. The molecule has 0 bridgehead atoms. The second-order valence-electron chi connectivity index (χ2n) is 4.40. The van der Waals surface area contributed by atoms with Crippen LogP contribution in [0.15, 0.2) is 50.6 Å². The van der Waals surface area contributed by atoms with E-state index in [-0.39, 0.29) is 15.5 Å². The van der Waals surface area contributed by atoms with E-state index in [0.717, 1.165) is 11.3 Å². The standard InChI is InChI=1S/C13H8BrFN2O3S2/c14-7-1-3-10(9(15)5-7)17-22(19,20)8-2-4-11-12(6-8)21-13(18)16-11/h1-6,17H,(H,16,18). The minimum Gasteiger partial charge on any atom is -0.312 e. The molecule has 0 amide bonds. The molecule has 1 aromatic heterocycles. The van der Waals surface area contributed by atoms with E-state index in [1.54, 1.807) is 0 Å². The number of benzene rings is 2. The molecule has 0 spiro atoms. The summed E-state index contributed by atoms with van der Waals surface area (Å²) < 4.78 is 41.6. The van der Waals surface area contributed by atoms with Gasteiger partial charge in [-0.25, -0.2) is 12.8 Å². The summed E-state index contributed by atoms with van der Waals surface area (Å²) in [4.78, 5) is 13.5. The van der Waals surface area contributed by atoms with Crippen molar-refractivity contribution < 1.29 is 12.8 Å². The van der Waals surface area contributed by atoms with Gasteiger partial charge in [0, 0.05) is 4.47 Å². The smallest absolute Gasteiger partial charge is 0.305 e. The Labute approximate surface area is 137 Å². The van der Waals surface area contributed by atoms with Gasteiger partial charge >= 0.3 is 4.87 Å². The van der Waals surface area contributed by atoms with E-state index in [9.17, 15) is 17.6 Å². The molecule has 0 saturated heterocycles. The van der Waals surface area contributed by atoms with Gasteiger partial charge < -0.3 is 4.98 Å². The van der Waals surface area contributed by atoms with Crippen LogP contribution in [0.2, 0.25) is 0 Å². The molecule has 114 valence electrons. The number of H-pyrrole nitrogens is 1. The monoisotopic (exact) mass is 402 g/mol. The van der Waals surface area contributed by atoms with Crippen molar-refractivity contribution in [1.29, 1.82) is 0 Å². The first kappa shape index (κ1) is 15.2. The topological polar surface area (TPSA) is 79.0 Å². The lowest BCUT2D eigenvalue weighted by molar-refractivity contribution is 0.598. The maximum absolute atomic E-state index is 13.8. The molecule has 0 atom stereocenters. The van der Waals surface area contributed by atoms with Gasteiger partial charge in [-0.2, -0.15) is 0 Å². The summed E-state index contributed by atoms with van der Waals surface area (Å²) in [5, 5.41) is 0. The molecule has 0 radical (unpaired) electrons. The van der Waals surface area contributed by atoms with Crippen LogP contribution in [0.5, 0.6) is 0 Å². The van der Waals surface area contributed by atoms with Crippen molar-refractivity contribution in [1.82, 2.24) is 4.98 Å². The van der Waals surface area contributed by atoms with Crippen LogP contribution >= 0.6 is 27.3 Å². The van der Waals surface area contributed by atoms with E-state index < -0.39 is 15.8 Å². The van der Waals surface area contributed by atoms with Crippen LogP contribution in [0.25, 0.3) is 10.2 Å². The van der Waals surface area contributed by atoms with Crippen LogP contribution in [0, 0.1) is 5.82 Å². The minimum absolute atomic E-state index is 0.0439. The summed E-state index contributed by atoms with van der Waals surface area (Å²) >= 11 is 4.01. The predicted molar refractivity (Wildman–Crippen MR) is 87.4 cm³/mol. The van der Waals surface area contributed by atoms with Crippen LogP contribution in [0.4, 0.5) is 10.1 Å². The quantitative estimate of drug-likeness (QED) is 0.705. The van der Waals surface area contributed by atoms with Crippen molar-refractivity contribution in [3.05, 3.63) is 56.4 Å². The molecular weight excluding hydrogens is 395 g/mol. The molecule has 0 aliphatic rings. The van der Waals surface area contributed by atoms with E-state index in [1.807, 2.05) is 0 Å². The highest BCUT2D eigenvalue weighted by Crippen LogP contribution is 2.24. The third-order valence-electron chi connectivity index (χ3n) is 2.88. The molecule has 1 heterocycles. The van der Waals surface area contributed by atoms with Gasteiger partial charge in [-0.05, 0) is 36.4 Å². The van der Waals surface area contributed by atoms with Crippen molar-refractivity contribution in [3.63, 3.8) is 0 Å². The maximum atomic E-state index is 13.8. The fourth-order valence-corrected chi connectivity index (χ4v) is 4.15. The van der Waals surface area contributed by atoms with E-state index in [1.165, 1.54) is 36.4 Å². The van der Waals surface area contributed by atoms with Gasteiger partial charge in [-0.1, -0.05) is 27.3 Å². The first-order valence-electron chi connectivity index (χ1n) is 5.96. The van der Waals surface area contributed by atoms with Crippen LogP contribution in [-0.2, 0) is 10.0 Å². The normalized spacial score (nSPS) is 11.7. The highest BCUT2D eigenvalue weighted by Gasteiger charge is 2.17. The van der Waals surface area contributed by atoms with Gasteiger partial charge in [0.2, 0.25) is 0 Å². The number of aromatic nitrogens is 1. The van der Waals surface area contributed by atoms with E-state index >= 15 is 0 Å². The molecule has 22 heavy (non-hydrogen) atoms. The highest BCUT2D eigenvalue weighted by molar-refractivity contribution is 9.10. The molecule has 0 unspecified atom stereocenters. The maximum Gasteiger partial charge on any atom is 0.305 e. The Bertz CT molecular complexity index is 1030. The third kappa shape index (κ3) is 2.92. The predicted octanol–water partition coefficient (Wildman–Crippen LogP) is 3.29. The van der Waals surface area contributed by atoms with Crippen molar-refractivity contribution >= 4 is 53.2 Å². The van der Waals surface area contributed by atoms with Gasteiger partial charge in [-0.15, -0.1) is 0 Å². The Hall–Kier alpha value is -1.71. The van der Waals surface area contributed by atoms with E-state index in [4.69, 9.17) is 0 Å². The minimum atomic E-state index is -3.95. The summed E-state index contributed by atoms with van der Waals surface area (Å²) in [7, 11) is -3.95. The summed E-state index contributed by atoms with van der Waals surface area (Å²) in [6, 6.07) is 8.24. The molecule has 3 rings (SSSR count). The number of sulfonamides is 1. The number of hydrogen-bond acceptors (Lipinski definition) is 4. The lowest BCUT2D eigenvalue weighted by Gasteiger charge is -2.09. The molecule has 0 aliphatic heterocycles. The second-order valence-corrected chi connectivity index (χ2v) is 8.01. The van der Waals surface area contributed by atoms with Crippen molar-refractivity contribution in [2.24, 2.45) is 0 Å². The number of nitrogens with one attached hydrogen (secondary N) is 2. The van der Waals surface area contributed by atoms with Crippen LogP contribution < -0.4 is 9.60 Å². The number of hydrogen-bond donors (Lipinski definition) is 2. The van der Waals surface area contributed by atoms with Crippen molar-refractivity contribution in [3.8, 4) is 0 Å². The third-order valence-corrected chi connectivity index (χ3v) is 5.58. The zero-order valence-corrected chi connectivity index (χ0v) is 14.0. The fraction of sp³-hybridized carbons (Fsp3) is 0.